The minimum Gasteiger partial charge on any atom is -0.254 e. The molecule has 0 amide bonds. The Morgan fingerprint density at radius 3 is 1.25 bits per heavy atom. The lowest BCUT2D eigenvalue weighted by Crippen LogP contribution is -1.98. The molecule has 2 aromatic heterocycles. The normalized spacial score (nSPS) is 10.8. The van der Waals surface area contributed by atoms with Gasteiger partial charge in [0, 0.05) is 12.4 Å². The average molecular weight is 268 g/mol. The van der Waals surface area contributed by atoms with Gasteiger partial charge in [-0.25, -0.2) is 0 Å². The zero-order valence-electron chi connectivity index (χ0n) is 13.0. The first-order valence-electron chi connectivity index (χ1n) is 7.69. The third-order valence-electron chi connectivity index (χ3n) is 3.95. The van der Waals surface area contributed by atoms with Crippen LogP contribution < -0.4 is 0 Å². The zero-order chi connectivity index (χ0) is 14.5. The standard InChI is InChI=1S/C18H24N2/c1-5-13-9-17(19-11-15(13)7-3)18-10-14(6-2)16(8-4)12-20-18/h9-12H,5-8H2,1-4H3. The minimum absolute atomic E-state index is 0.997. The van der Waals surface area contributed by atoms with Crippen LogP contribution in [-0.4, -0.2) is 9.97 Å². The number of nitrogens with zero attached hydrogens (tertiary/aromatic N) is 2. The van der Waals surface area contributed by atoms with Crippen LogP contribution in [-0.2, 0) is 25.7 Å². The summed E-state index contributed by atoms with van der Waals surface area (Å²) in [6, 6.07) is 4.40. The highest BCUT2D eigenvalue weighted by atomic mass is 14.8. The van der Waals surface area contributed by atoms with E-state index in [1.165, 1.54) is 22.3 Å². The Morgan fingerprint density at radius 1 is 0.600 bits per heavy atom. The van der Waals surface area contributed by atoms with Crippen molar-refractivity contribution in [3.8, 4) is 11.4 Å². The fourth-order valence-corrected chi connectivity index (χ4v) is 2.63. The molecule has 106 valence electrons. The SMILES string of the molecule is CCc1cnc(-c2cc(CC)c(CC)cn2)cc1CC. The van der Waals surface area contributed by atoms with Crippen LogP contribution >= 0.6 is 0 Å². The lowest BCUT2D eigenvalue weighted by Gasteiger charge is -2.10. The van der Waals surface area contributed by atoms with Gasteiger partial charge in [-0.15, -0.1) is 0 Å². The van der Waals surface area contributed by atoms with E-state index in [1.807, 2.05) is 12.4 Å². The van der Waals surface area contributed by atoms with Crippen molar-refractivity contribution in [3.63, 3.8) is 0 Å². The van der Waals surface area contributed by atoms with Crippen LogP contribution in [0.15, 0.2) is 24.5 Å². The molecule has 2 heteroatoms. The lowest BCUT2D eigenvalue weighted by molar-refractivity contribution is 0.998. The molecular formula is C18H24N2. The van der Waals surface area contributed by atoms with Crippen molar-refractivity contribution in [3.05, 3.63) is 46.8 Å². The molecule has 2 rings (SSSR count). The number of aryl methyl sites for hydroxylation is 4. The Morgan fingerprint density at radius 2 is 0.950 bits per heavy atom. The van der Waals surface area contributed by atoms with Crippen LogP contribution in [0.5, 0.6) is 0 Å². The van der Waals surface area contributed by atoms with E-state index in [0.717, 1.165) is 37.1 Å². The Bertz CT molecular complexity index is 534. The number of rotatable bonds is 5. The van der Waals surface area contributed by atoms with Crippen molar-refractivity contribution in [1.29, 1.82) is 0 Å². The minimum atomic E-state index is 0.997. The lowest BCUT2D eigenvalue weighted by atomic mass is 10.0. The topological polar surface area (TPSA) is 25.8 Å². The molecule has 0 saturated carbocycles. The van der Waals surface area contributed by atoms with Crippen LogP contribution in [0.3, 0.4) is 0 Å². The second-order valence-corrected chi connectivity index (χ2v) is 5.09. The van der Waals surface area contributed by atoms with Crippen molar-refractivity contribution >= 4 is 0 Å². The molecule has 2 heterocycles. The summed E-state index contributed by atoms with van der Waals surface area (Å²) in [4.78, 5) is 9.19. The van der Waals surface area contributed by atoms with Crippen molar-refractivity contribution in [2.45, 2.75) is 53.4 Å². The average Bonchev–Trinajstić information content (AvgIpc) is 2.53. The van der Waals surface area contributed by atoms with Crippen LogP contribution in [0.25, 0.3) is 11.4 Å². The largest absolute Gasteiger partial charge is 0.254 e. The molecule has 2 nitrogen and oxygen atoms in total. The third kappa shape index (κ3) is 2.90. The van der Waals surface area contributed by atoms with E-state index in [4.69, 9.17) is 0 Å². The van der Waals surface area contributed by atoms with E-state index in [-0.39, 0.29) is 0 Å². The molecule has 0 N–H and O–H groups in total. The van der Waals surface area contributed by atoms with Gasteiger partial charge < -0.3 is 0 Å². The number of pyridine rings is 2. The highest BCUT2D eigenvalue weighted by molar-refractivity contribution is 5.57. The monoisotopic (exact) mass is 268 g/mol. The van der Waals surface area contributed by atoms with Gasteiger partial charge in [-0.05, 0) is 60.1 Å². The summed E-state index contributed by atoms with van der Waals surface area (Å²) in [6.07, 6.45) is 8.20. The highest BCUT2D eigenvalue weighted by Gasteiger charge is 2.08. The van der Waals surface area contributed by atoms with Gasteiger partial charge in [0.2, 0.25) is 0 Å². The molecule has 0 radical (unpaired) electrons. The molecule has 0 fully saturated rings. The van der Waals surface area contributed by atoms with Gasteiger partial charge in [0.05, 0.1) is 11.4 Å². The van der Waals surface area contributed by atoms with Crippen molar-refractivity contribution in [2.75, 3.05) is 0 Å². The summed E-state index contributed by atoms with van der Waals surface area (Å²) in [6.45, 7) is 8.76. The predicted octanol–water partition coefficient (Wildman–Crippen LogP) is 4.39. The van der Waals surface area contributed by atoms with Gasteiger partial charge in [-0.3, -0.25) is 9.97 Å². The molecule has 2 aromatic rings. The summed E-state index contributed by atoms with van der Waals surface area (Å²) in [5.41, 5.74) is 7.45. The van der Waals surface area contributed by atoms with Gasteiger partial charge in [-0.1, -0.05) is 27.7 Å². The molecule has 0 aliphatic rings. The summed E-state index contributed by atoms with van der Waals surface area (Å²) in [7, 11) is 0. The fraction of sp³-hybridized carbons (Fsp3) is 0.444. The molecule has 0 atom stereocenters. The van der Waals surface area contributed by atoms with E-state index < -0.39 is 0 Å². The van der Waals surface area contributed by atoms with E-state index in [9.17, 15) is 0 Å². The molecule has 0 aromatic carbocycles. The summed E-state index contributed by atoms with van der Waals surface area (Å²) in [5.74, 6) is 0. The second kappa shape index (κ2) is 6.65. The molecule has 0 spiro atoms. The Labute approximate surface area is 122 Å². The maximum atomic E-state index is 4.60. The summed E-state index contributed by atoms with van der Waals surface area (Å²) < 4.78 is 0. The van der Waals surface area contributed by atoms with Gasteiger partial charge in [0.1, 0.15) is 0 Å². The molecule has 0 unspecified atom stereocenters. The van der Waals surface area contributed by atoms with Crippen molar-refractivity contribution in [1.82, 2.24) is 9.97 Å². The third-order valence-corrected chi connectivity index (χ3v) is 3.95. The van der Waals surface area contributed by atoms with Crippen LogP contribution in [0.1, 0.15) is 49.9 Å². The molecule has 0 bridgehead atoms. The second-order valence-electron chi connectivity index (χ2n) is 5.09. The maximum absolute atomic E-state index is 4.60. The van der Waals surface area contributed by atoms with Crippen LogP contribution in [0.2, 0.25) is 0 Å². The van der Waals surface area contributed by atoms with Gasteiger partial charge in [-0.2, -0.15) is 0 Å². The molecule has 0 aliphatic carbocycles. The fourth-order valence-electron chi connectivity index (χ4n) is 2.63. The molecule has 0 saturated heterocycles. The Kier molecular flexibility index (Phi) is 4.89. The van der Waals surface area contributed by atoms with E-state index in [0.29, 0.717) is 0 Å². The first kappa shape index (κ1) is 14.7. The summed E-state index contributed by atoms with van der Waals surface area (Å²) in [5, 5.41) is 0. The highest BCUT2D eigenvalue weighted by Crippen LogP contribution is 2.22. The first-order valence-corrected chi connectivity index (χ1v) is 7.69. The summed E-state index contributed by atoms with van der Waals surface area (Å²) >= 11 is 0. The molecule has 20 heavy (non-hydrogen) atoms. The smallest absolute Gasteiger partial charge is 0.0889 e. The van der Waals surface area contributed by atoms with E-state index in [2.05, 4.69) is 49.8 Å². The van der Waals surface area contributed by atoms with Crippen molar-refractivity contribution in [2.24, 2.45) is 0 Å². The predicted molar refractivity (Wildman–Crippen MR) is 85.0 cm³/mol. The van der Waals surface area contributed by atoms with Gasteiger partial charge >= 0.3 is 0 Å². The Hall–Kier alpha value is -1.70. The van der Waals surface area contributed by atoms with Gasteiger partial charge in [0.25, 0.3) is 0 Å². The quantitative estimate of drug-likeness (QED) is 0.803. The molecular weight excluding hydrogens is 244 g/mol. The Balaban J connectivity index is 2.46. The number of hydrogen-bond acceptors (Lipinski definition) is 2. The molecule has 0 aliphatic heterocycles. The van der Waals surface area contributed by atoms with E-state index in [1.54, 1.807) is 0 Å². The van der Waals surface area contributed by atoms with Gasteiger partial charge in [0.15, 0.2) is 0 Å². The number of aromatic nitrogens is 2. The first-order chi connectivity index (χ1) is 9.73. The van der Waals surface area contributed by atoms with Crippen molar-refractivity contribution < 1.29 is 0 Å². The van der Waals surface area contributed by atoms with Crippen LogP contribution in [0, 0.1) is 0 Å². The maximum Gasteiger partial charge on any atom is 0.0889 e. The van der Waals surface area contributed by atoms with E-state index >= 15 is 0 Å². The zero-order valence-corrected chi connectivity index (χ0v) is 13.0. The van der Waals surface area contributed by atoms with Crippen LogP contribution in [0.4, 0.5) is 0 Å². The number of hydrogen-bond donors (Lipinski definition) is 0.